The number of aromatic amines is 1. The summed E-state index contributed by atoms with van der Waals surface area (Å²) in [5.74, 6) is 0.249. The summed E-state index contributed by atoms with van der Waals surface area (Å²) in [5.41, 5.74) is 2.74. The van der Waals surface area contributed by atoms with Crippen LogP contribution in [0.1, 0.15) is 11.3 Å². The van der Waals surface area contributed by atoms with Crippen molar-refractivity contribution in [3.8, 4) is 5.75 Å². The molecule has 0 bridgehead atoms. The molecule has 68 valence electrons. The van der Waals surface area contributed by atoms with Gasteiger partial charge in [-0.15, -0.1) is 0 Å². The average Bonchev–Trinajstić information content (AvgIpc) is 2.44. The molecule has 0 aliphatic rings. The Hall–Kier alpha value is -1.48. The van der Waals surface area contributed by atoms with Crippen LogP contribution in [0, 0.1) is 6.92 Å². The van der Waals surface area contributed by atoms with Crippen molar-refractivity contribution in [2.45, 2.75) is 13.5 Å². The van der Waals surface area contributed by atoms with Crippen LogP contribution in [-0.4, -0.2) is 15.2 Å². The molecule has 3 N–H and O–H groups in total. The lowest BCUT2D eigenvalue weighted by atomic mass is 10.1. The summed E-state index contributed by atoms with van der Waals surface area (Å²) in [5, 5.41) is 19.2. The summed E-state index contributed by atoms with van der Waals surface area (Å²) in [6.45, 7) is 1.92. The molecule has 0 aliphatic heterocycles. The summed E-state index contributed by atoms with van der Waals surface area (Å²) in [6.07, 6.45) is 0. The van der Waals surface area contributed by atoms with Crippen LogP contribution in [0.3, 0.4) is 0 Å². The number of hydrogen-bond donors (Lipinski definition) is 3. The summed E-state index contributed by atoms with van der Waals surface area (Å²) < 4.78 is 0. The molecule has 0 amide bonds. The molecule has 1 heterocycles. The Labute approximate surface area is 75.6 Å². The van der Waals surface area contributed by atoms with E-state index >= 15 is 0 Å². The molecule has 1 aromatic heterocycles. The van der Waals surface area contributed by atoms with Crippen molar-refractivity contribution >= 4 is 10.9 Å². The number of phenolic OH excluding ortho intramolecular Hbond substituents is 1. The van der Waals surface area contributed by atoms with E-state index in [1.165, 1.54) is 0 Å². The minimum Gasteiger partial charge on any atom is -0.508 e. The Bertz CT molecular complexity index is 445. The van der Waals surface area contributed by atoms with Gasteiger partial charge >= 0.3 is 0 Å². The number of benzene rings is 1. The van der Waals surface area contributed by atoms with Gasteiger partial charge in [-0.25, -0.2) is 0 Å². The Morgan fingerprint density at radius 3 is 2.85 bits per heavy atom. The number of rotatable bonds is 1. The van der Waals surface area contributed by atoms with Crippen LogP contribution in [0.25, 0.3) is 10.9 Å². The van der Waals surface area contributed by atoms with Gasteiger partial charge < -0.3 is 15.2 Å². The Morgan fingerprint density at radius 2 is 2.15 bits per heavy atom. The maximum absolute atomic E-state index is 9.26. The molecule has 0 saturated heterocycles. The summed E-state index contributed by atoms with van der Waals surface area (Å²) in [6, 6.07) is 5.12. The summed E-state index contributed by atoms with van der Waals surface area (Å²) in [4.78, 5) is 3.08. The lowest BCUT2D eigenvalue weighted by Crippen LogP contribution is -1.83. The molecule has 1 aromatic carbocycles. The summed E-state index contributed by atoms with van der Waals surface area (Å²) >= 11 is 0. The van der Waals surface area contributed by atoms with Gasteiger partial charge in [0.1, 0.15) is 5.75 Å². The fourth-order valence-electron chi connectivity index (χ4n) is 1.53. The number of hydrogen-bond acceptors (Lipinski definition) is 2. The summed E-state index contributed by atoms with van der Waals surface area (Å²) in [7, 11) is 0. The van der Waals surface area contributed by atoms with Gasteiger partial charge in [0.15, 0.2) is 0 Å². The second-order valence-electron chi connectivity index (χ2n) is 3.12. The van der Waals surface area contributed by atoms with E-state index < -0.39 is 0 Å². The standard InChI is InChI=1S/C10H11NO2/c1-6-8-4-7(13)2-3-9(8)11-10(6)5-12/h2-4,11-13H,5H2,1H3. The van der Waals surface area contributed by atoms with Crippen LogP contribution in [0.4, 0.5) is 0 Å². The molecule has 0 unspecified atom stereocenters. The maximum Gasteiger partial charge on any atom is 0.116 e. The first-order valence-electron chi connectivity index (χ1n) is 4.13. The van der Waals surface area contributed by atoms with E-state index in [0.717, 1.165) is 22.2 Å². The first-order chi connectivity index (χ1) is 6.22. The van der Waals surface area contributed by atoms with Gasteiger partial charge in [-0.2, -0.15) is 0 Å². The van der Waals surface area contributed by atoms with Crippen LogP contribution in [0.5, 0.6) is 5.75 Å². The maximum atomic E-state index is 9.26. The Balaban J connectivity index is 2.77. The first-order valence-corrected chi connectivity index (χ1v) is 4.13. The van der Waals surface area contributed by atoms with Crippen molar-refractivity contribution in [3.63, 3.8) is 0 Å². The lowest BCUT2D eigenvalue weighted by Gasteiger charge is -1.93. The fourth-order valence-corrected chi connectivity index (χ4v) is 1.53. The van der Waals surface area contributed by atoms with Crippen molar-refractivity contribution in [1.82, 2.24) is 4.98 Å². The van der Waals surface area contributed by atoms with Crippen molar-refractivity contribution in [2.75, 3.05) is 0 Å². The van der Waals surface area contributed by atoms with Crippen LogP contribution < -0.4 is 0 Å². The molecule has 0 radical (unpaired) electrons. The number of phenols is 1. The van der Waals surface area contributed by atoms with Crippen molar-refractivity contribution in [2.24, 2.45) is 0 Å². The molecule has 0 fully saturated rings. The number of fused-ring (bicyclic) bond motifs is 1. The zero-order valence-corrected chi connectivity index (χ0v) is 7.33. The molecule has 0 spiro atoms. The van der Waals surface area contributed by atoms with Gasteiger partial charge in [0, 0.05) is 16.6 Å². The number of aliphatic hydroxyl groups excluding tert-OH is 1. The SMILES string of the molecule is Cc1c(CO)[nH]c2ccc(O)cc12. The molecular formula is C10H11NO2. The van der Waals surface area contributed by atoms with E-state index in [2.05, 4.69) is 4.98 Å². The Kier molecular flexibility index (Phi) is 1.74. The van der Waals surface area contributed by atoms with E-state index in [1.807, 2.05) is 6.92 Å². The number of nitrogens with one attached hydrogen (secondary N) is 1. The van der Waals surface area contributed by atoms with Crippen LogP contribution in [-0.2, 0) is 6.61 Å². The van der Waals surface area contributed by atoms with Crippen LogP contribution in [0.15, 0.2) is 18.2 Å². The molecule has 13 heavy (non-hydrogen) atoms. The van der Waals surface area contributed by atoms with Gasteiger partial charge in [-0.1, -0.05) is 0 Å². The van der Waals surface area contributed by atoms with Gasteiger partial charge in [0.05, 0.1) is 6.61 Å². The number of H-pyrrole nitrogens is 1. The van der Waals surface area contributed by atoms with E-state index in [4.69, 9.17) is 5.11 Å². The quantitative estimate of drug-likeness (QED) is 0.620. The average molecular weight is 177 g/mol. The topological polar surface area (TPSA) is 56.2 Å². The van der Waals surface area contributed by atoms with E-state index in [-0.39, 0.29) is 12.4 Å². The highest BCUT2D eigenvalue weighted by Gasteiger charge is 2.06. The van der Waals surface area contributed by atoms with E-state index in [9.17, 15) is 5.11 Å². The predicted octanol–water partition coefficient (Wildman–Crippen LogP) is 1.67. The second-order valence-corrected chi connectivity index (χ2v) is 3.12. The van der Waals surface area contributed by atoms with Crippen molar-refractivity contribution in [3.05, 3.63) is 29.5 Å². The lowest BCUT2D eigenvalue weighted by molar-refractivity contribution is 0.277. The smallest absolute Gasteiger partial charge is 0.116 e. The van der Waals surface area contributed by atoms with Crippen molar-refractivity contribution < 1.29 is 10.2 Å². The van der Waals surface area contributed by atoms with Crippen molar-refractivity contribution in [1.29, 1.82) is 0 Å². The second kappa shape index (κ2) is 2.78. The molecular weight excluding hydrogens is 166 g/mol. The number of aliphatic hydroxyl groups is 1. The number of aromatic hydroxyl groups is 1. The largest absolute Gasteiger partial charge is 0.508 e. The van der Waals surface area contributed by atoms with Crippen LogP contribution in [0.2, 0.25) is 0 Å². The van der Waals surface area contributed by atoms with Gasteiger partial charge in [-0.3, -0.25) is 0 Å². The number of aromatic nitrogens is 1. The third kappa shape index (κ3) is 1.17. The fraction of sp³-hybridized carbons (Fsp3) is 0.200. The normalized spacial score (nSPS) is 10.9. The predicted molar refractivity (Wildman–Crippen MR) is 50.6 cm³/mol. The van der Waals surface area contributed by atoms with Gasteiger partial charge in [-0.05, 0) is 30.7 Å². The zero-order valence-electron chi connectivity index (χ0n) is 7.33. The van der Waals surface area contributed by atoms with E-state index in [1.54, 1.807) is 18.2 Å². The van der Waals surface area contributed by atoms with Gasteiger partial charge in [0.2, 0.25) is 0 Å². The monoisotopic (exact) mass is 177 g/mol. The van der Waals surface area contributed by atoms with E-state index in [0.29, 0.717) is 0 Å². The highest BCUT2D eigenvalue weighted by Crippen LogP contribution is 2.25. The van der Waals surface area contributed by atoms with Crippen LogP contribution >= 0.6 is 0 Å². The molecule has 2 rings (SSSR count). The zero-order chi connectivity index (χ0) is 9.42. The Morgan fingerprint density at radius 1 is 1.38 bits per heavy atom. The highest BCUT2D eigenvalue weighted by atomic mass is 16.3. The first kappa shape index (κ1) is 8.13. The molecule has 0 saturated carbocycles. The molecule has 2 aromatic rings. The third-order valence-electron chi connectivity index (χ3n) is 2.30. The third-order valence-corrected chi connectivity index (χ3v) is 2.30. The molecule has 0 aliphatic carbocycles. The molecule has 3 nitrogen and oxygen atoms in total. The minimum absolute atomic E-state index is 0.00127. The minimum atomic E-state index is 0.00127. The molecule has 0 atom stereocenters. The van der Waals surface area contributed by atoms with Gasteiger partial charge in [0.25, 0.3) is 0 Å². The number of aryl methyl sites for hydroxylation is 1. The highest BCUT2D eigenvalue weighted by molar-refractivity contribution is 5.85. The molecule has 3 heteroatoms.